The van der Waals surface area contributed by atoms with Crippen molar-refractivity contribution in [3.8, 4) is 11.5 Å². The smallest absolute Gasteiger partial charge is 0.165 e. The van der Waals surface area contributed by atoms with Crippen molar-refractivity contribution in [2.75, 3.05) is 14.2 Å². The van der Waals surface area contributed by atoms with Gasteiger partial charge in [0.25, 0.3) is 0 Å². The van der Waals surface area contributed by atoms with Crippen LogP contribution in [0.15, 0.2) is 40.9 Å². The summed E-state index contributed by atoms with van der Waals surface area (Å²) in [6.07, 6.45) is 0. The van der Waals surface area contributed by atoms with Gasteiger partial charge in [-0.05, 0) is 35.9 Å². The van der Waals surface area contributed by atoms with Crippen LogP contribution in [0, 0.1) is 5.82 Å². The minimum atomic E-state index is -0.378. The molecule has 106 valence electrons. The molecule has 20 heavy (non-hydrogen) atoms. The van der Waals surface area contributed by atoms with Crippen LogP contribution < -0.4 is 9.47 Å². The number of hydrogen-bond acceptors (Lipinski definition) is 2. The predicted molar refractivity (Wildman–Crippen MR) is 84.4 cm³/mol. The van der Waals surface area contributed by atoms with E-state index >= 15 is 0 Å². The van der Waals surface area contributed by atoms with Crippen LogP contribution in [0.25, 0.3) is 0 Å². The van der Waals surface area contributed by atoms with Crippen molar-refractivity contribution in [2.24, 2.45) is 0 Å². The molecule has 5 heteroatoms. The van der Waals surface area contributed by atoms with E-state index in [1.165, 1.54) is 13.2 Å². The Morgan fingerprint density at radius 2 is 1.70 bits per heavy atom. The molecule has 0 aromatic heterocycles. The highest BCUT2D eigenvalue weighted by molar-refractivity contribution is 9.10. The van der Waals surface area contributed by atoms with E-state index < -0.39 is 0 Å². The quantitative estimate of drug-likeness (QED) is 0.662. The first-order valence-electron chi connectivity index (χ1n) is 5.87. The van der Waals surface area contributed by atoms with Gasteiger partial charge in [-0.15, -0.1) is 0 Å². The van der Waals surface area contributed by atoms with Gasteiger partial charge in [0.15, 0.2) is 11.6 Å². The predicted octanol–water partition coefficient (Wildman–Crippen LogP) is 5.09. The Morgan fingerprint density at radius 1 is 1.00 bits per heavy atom. The van der Waals surface area contributed by atoms with E-state index in [9.17, 15) is 4.39 Å². The molecular formula is C15H13Br2FO2. The summed E-state index contributed by atoms with van der Waals surface area (Å²) in [5.41, 5.74) is 1.84. The minimum absolute atomic E-state index is 0.121. The first kappa shape index (κ1) is 15.3. The average molecular weight is 404 g/mol. The summed E-state index contributed by atoms with van der Waals surface area (Å²) >= 11 is 7.07. The average Bonchev–Trinajstić information content (AvgIpc) is 2.47. The fourth-order valence-electron chi connectivity index (χ4n) is 1.92. The lowest BCUT2D eigenvalue weighted by Crippen LogP contribution is -1.99. The Kier molecular flexibility index (Phi) is 5.05. The highest BCUT2D eigenvalue weighted by Gasteiger charge is 2.17. The van der Waals surface area contributed by atoms with Gasteiger partial charge in [-0.2, -0.15) is 0 Å². The standard InChI is InChI=1S/C15H13Br2FO2/c1-19-13-6-4-10(16)8-11(13)15(17)9-3-5-12(18)14(7-9)20-2/h3-8,15H,1-2H3. The molecule has 1 atom stereocenters. The number of benzene rings is 2. The lowest BCUT2D eigenvalue weighted by atomic mass is 10.0. The molecule has 0 fully saturated rings. The van der Waals surface area contributed by atoms with E-state index in [-0.39, 0.29) is 16.4 Å². The molecule has 0 saturated heterocycles. The Balaban J connectivity index is 2.45. The van der Waals surface area contributed by atoms with Crippen molar-refractivity contribution in [1.29, 1.82) is 0 Å². The molecule has 0 bridgehead atoms. The summed E-state index contributed by atoms with van der Waals surface area (Å²) in [6, 6.07) is 10.6. The van der Waals surface area contributed by atoms with Crippen molar-refractivity contribution < 1.29 is 13.9 Å². The van der Waals surface area contributed by atoms with Crippen LogP contribution in [-0.2, 0) is 0 Å². The van der Waals surface area contributed by atoms with E-state index in [1.807, 2.05) is 18.2 Å². The maximum atomic E-state index is 13.5. The van der Waals surface area contributed by atoms with E-state index in [1.54, 1.807) is 19.2 Å². The fraction of sp³-hybridized carbons (Fsp3) is 0.200. The molecule has 0 heterocycles. The van der Waals surface area contributed by atoms with Gasteiger partial charge in [0.1, 0.15) is 5.75 Å². The number of alkyl halides is 1. The van der Waals surface area contributed by atoms with E-state index in [4.69, 9.17) is 9.47 Å². The summed E-state index contributed by atoms with van der Waals surface area (Å²) < 4.78 is 24.8. The first-order chi connectivity index (χ1) is 9.56. The van der Waals surface area contributed by atoms with Crippen molar-refractivity contribution in [2.45, 2.75) is 4.83 Å². The lowest BCUT2D eigenvalue weighted by Gasteiger charge is -2.16. The van der Waals surface area contributed by atoms with Gasteiger partial charge in [0.05, 0.1) is 19.0 Å². The Morgan fingerprint density at radius 3 is 2.35 bits per heavy atom. The van der Waals surface area contributed by atoms with E-state index in [0.717, 1.165) is 21.3 Å². The molecule has 2 aromatic carbocycles. The fourth-order valence-corrected chi connectivity index (χ4v) is 2.94. The van der Waals surface area contributed by atoms with Crippen molar-refractivity contribution >= 4 is 31.9 Å². The van der Waals surface area contributed by atoms with Crippen LogP contribution in [-0.4, -0.2) is 14.2 Å². The summed E-state index contributed by atoms with van der Waals surface area (Å²) in [5.74, 6) is 0.608. The Labute approximate surface area is 134 Å². The molecule has 0 spiro atoms. The van der Waals surface area contributed by atoms with Gasteiger partial charge in [-0.25, -0.2) is 4.39 Å². The van der Waals surface area contributed by atoms with Crippen LogP contribution in [0.3, 0.4) is 0 Å². The molecule has 2 rings (SSSR count). The molecule has 0 aliphatic rings. The van der Waals surface area contributed by atoms with Gasteiger partial charge < -0.3 is 9.47 Å². The van der Waals surface area contributed by atoms with Crippen molar-refractivity contribution in [1.82, 2.24) is 0 Å². The van der Waals surface area contributed by atoms with Gasteiger partial charge >= 0.3 is 0 Å². The molecule has 0 amide bonds. The monoisotopic (exact) mass is 402 g/mol. The normalized spacial score (nSPS) is 12.1. The van der Waals surface area contributed by atoms with Crippen LogP contribution in [0.2, 0.25) is 0 Å². The van der Waals surface area contributed by atoms with Crippen LogP contribution in [0.1, 0.15) is 16.0 Å². The number of rotatable bonds is 4. The highest BCUT2D eigenvalue weighted by Crippen LogP contribution is 2.39. The zero-order chi connectivity index (χ0) is 14.7. The molecule has 0 radical (unpaired) electrons. The highest BCUT2D eigenvalue weighted by atomic mass is 79.9. The molecular weight excluding hydrogens is 391 g/mol. The van der Waals surface area contributed by atoms with Gasteiger partial charge in [-0.1, -0.05) is 37.9 Å². The van der Waals surface area contributed by atoms with Gasteiger partial charge in [0.2, 0.25) is 0 Å². The SMILES string of the molecule is COc1cc(C(Br)c2cc(Br)ccc2OC)ccc1F. The third-order valence-corrected chi connectivity index (χ3v) is 4.45. The molecule has 0 N–H and O–H groups in total. The number of hydrogen-bond donors (Lipinski definition) is 0. The third-order valence-electron chi connectivity index (χ3n) is 2.93. The largest absolute Gasteiger partial charge is 0.496 e. The van der Waals surface area contributed by atoms with Crippen LogP contribution >= 0.6 is 31.9 Å². The molecule has 0 aliphatic carbocycles. The second-order valence-corrected chi connectivity index (χ2v) is 5.97. The summed E-state index contributed by atoms with van der Waals surface area (Å²) in [6.45, 7) is 0. The maximum absolute atomic E-state index is 13.5. The van der Waals surface area contributed by atoms with Crippen LogP contribution in [0.4, 0.5) is 4.39 Å². The summed E-state index contributed by atoms with van der Waals surface area (Å²) in [4.78, 5) is -0.121. The number of methoxy groups -OCH3 is 2. The number of ether oxygens (including phenoxy) is 2. The maximum Gasteiger partial charge on any atom is 0.165 e. The molecule has 0 aliphatic heterocycles. The van der Waals surface area contributed by atoms with E-state index in [0.29, 0.717) is 0 Å². The summed E-state index contributed by atoms with van der Waals surface area (Å²) in [7, 11) is 3.07. The van der Waals surface area contributed by atoms with Crippen LogP contribution in [0.5, 0.6) is 11.5 Å². The second-order valence-electron chi connectivity index (χ2n) is 4.14. The minimum Gasteiger partial charge on any atom is -0.496 e. The summed E-state index contributed by atoms with van der Waals surface area (Å²) in [5, 5.41) is 0. The molecule has 2 aromatic rings. The topological polar surface area (TPSA) is 18.5 Å². The first-order valence-corrected chi connectivity index (χ1v) is 7.58. The molecule has 2 nitrogen and oxygen atoms in total. The third kappa shape index (κ3) is 3.15. The second kappa shape index (κ2) is 6.59. The van der Waals surface area contributed by atoms with Crippen molar-refractivity contribution in [3.63, 3.8) is 0 Å². The molecule has 0 saturated carbocycles. The lowest BCUT2D eigenvalue weighted by molar-refractivity contribution is 0.386. The Hall–Kier alpha value is -1.07. The van der Waals surface area contributed by atoms with Gasteiger partial charge in [-0.3, -0.25) is 0 Å². The van der Waals surface area contributed by atoms with Crippen molar-refractivity contribution in [3.05, 3.63) is 57.8 Å². The molecule has 1 unspecified atom stereocenters. The zero-order valence-corrected chi connectivity index (χ0v) is 14.2. The van der Waals surface area contributed by atoms with Gasteiger partial charge in [0, 0.05) is 10.0 Å². The van der Waals surface area contributed by atoms with E-state index in [2.05, 4.69) is 31.9 Å². The zero-order valence-electron chi connectivity index (χ0n) is 11.0. The Bertz CT molecular complexity index is 617. The number of halogens is 3.